The Balaban J connectivity index is 2.03. The van der Waals surface area contributed by atoms with Gasteiger partial charge in [-0.2, -0.15) is 0 Å². The Kier molecular flexibility index (Phi) is 4.49. The molecule has 1 aromatic heterocycles. The summed E-state index contributed by atoms with van der Waals surface area (Å²) in [5.41, 5.74) is 1.15. The van der Waals surface area contributed by atoms with Gasteiger partial charge in [0.25, 0.3) is 10.0 Å². The molecule has 25 heavy (non-hydrogen) atoms. The van der Waals surface area contributed by atoms with E-state index in [9.17, 15) is 13.2 Å². The van der Waals surface area contributed by atoms with Gasteiger partial charge in [0.15, 0.2) is 5.58 Å². The molecule has 0 saturated carbocycles. The number of sulfonamides is 1. The van der Waals surface area contributed by atoms with Crippen LogP contribution in [-0.2, 0) is 16.6 Å². The highest BCUT2D eigenvalue weighted by Crippen LogP contribution is 2.29. The summed E-state index contributed by atoms with van der Waals surface area (Å²) < 4.78 is 39.4. The first-order valence-corrected chi connectivity index (χ1v) is 9.21. The third-order valence-electron chi connectivity index (χ3n) is 3.65. The zero-order chi connectivity index (χ0) is 18.2. The van der Waals surface area contributed by atoms with Crippen LogP contribution in [0.3, 0.4) is 0 Å². The lowest BCUT2D eigenvalue weighted by molar-refractivity contribution is 0.403. The summed E-state index contributed by atoms with van der Waals surface area (Å²) in [7, 11) is -2.57. The minimum Gasteiger partial charge on any atom is -0.495 e. The molecule has 3 rings (SSSR count). The molecule has 0 aliphatic carbocycles. The summed E-state index contributed by atoms with van der Waals surface area (Å²) in [6.45, 7) is 2.27. The average Bonchev–Trinajstić information content (AvgIpc) is 2.88. The maximum atomic E-state index is 12.7. The number of benzene rings is 2. The number of aryl methyl sites for hydroxylation is 1. The first kappa shape index (κ1) is 17.4. The van der Waals surface area contributed by atoms with Gasteiger partial charge in [-0.1, -0.05) is 11.6 Å². The summed E-state index contributed by atoms with van der Waals surface area (Å²) in [6.07, 6.45) is 0. The van der Waals surface area contributed by atoms with Crippen molar-refractivity contribution < 1.29 is 17.6 Å². The van der Waals surface area contributed by atoms with Crippen LogP contribution < -0.4 is 15.2 Å². The molecule has 0 unspecified atom stereocenters. The van der Waals surface area contributed by atoms with Crippen LogP contribution in [0.15, 0.2) is 50.5 Å². The fourth-order valence-electron chi connectivity index (χ4n) is 2.50. The number of nitrogens with zero attached hydrogens (tertiary/aromatic N) is 1. The van der Waals surface area contributed by atoms with Crippen molar-refractivity contribution in [2.75, 3.05) is 11.8 Å². The lowest BCUT2D eigenvalue weighted by Crippen LogP contribution is -2.14. The molecule has 1 N–H and O–H groups in total. The summed E-state index contributed by atoms with van der Waals surface area (Å²) in [4.78, 5) is 11.6. The van der Waals surface area contributed by atoms with Crippen LogP contribution in [-0.4, -0.2) is 20.1 Å². The fourth-order valence-corrected chi connectivity index (χ4v) is 3.98. The molecule has 3 aromatic rings. The first-order valence-electron chi connectivity index (χ1n) is 7.35. The van der Waals surface area contributed by atoms with E-state index in [1.165, 1.54) is 35.9 Å². The summed E-state index contributed by atoms with van der Waals surface area (Å²) in [5.74, 6) is -0.323. The second-order valence-electron chi connectivity index (χ2n) is 5.20. The molecule has 0 fully saturated rings. The van der Waals surface area contributed by atoms with Gasteiger partial charge in [0, 0.05) is 17.6 Å². The summed E-state index contributed by atoms with van der Waals surface area (Å²) in [6, 6.07) is 8.94. The van der Waals surface area contributed by atoms with Gasteiger partial charge in [0.1, 0.15) is 10.6 Å². The zero-order valence-electron chi connectivity index (χ0n) is 13.4. The zero-order valence-corrected chi connectivity index (χ0v) is 15.0. The molecule has 132 valence electrons. The van der Waals surface area contributed by atoms with Crippen molar-refractivity contribution >= 4 is 38.4 Å². The van der Waals surface area contributed by atoms with E-state index in [0.29, 0.717) is 17.6 Å². The maximum Gasteiger partial charge on any atom is 0.419 e. The highest BCUT2D eigenvalue weighted by atomic mass is 35.5. The number of hydrogen-bond donors (Lipinski definition) is 1. The van der Waals surface area contributed by atoms with E-state index >= 15 is 0 Å². The normalized spacial score (nSPS) is 11.6. The lowest BCUT2D eigenvalue weighted by Gasteiger charge is -2.12. The quantitative estimate of drug-likeness (QED) is 0.732. The molecule has 0 amide bonds. The number of aromatic nitrogens is 1. The van der Waals surface area contributed by atoms with Gasteiger partial charge >= 0.3 is 5.76 Å². The molecular formula is C16H15ClN2O5S. The SMILES string of the molecule is CCn1c(=O)oc2cc(NS(=O)(=O)c3cc(Cl)ccc3OC)ccc21. The molecule has 7 nitrogen and oxygen atoms in total. The van der Waals surface area contributed by atoms with Crippen LogP contribution in [0.4, 0.5) is 5.69 Å². The molecule has 0 radical (unpaired) electrons. The van der Waals surface area contributed by atoms with Gasteiger partial charge in [-0.05, 0) is 37.3 Å². The van der Waals surface area contributed by atoms with Gasteiger partial charge in [0.05, 0.1) is 18.3 Å². The molecule has 0 spiro atoms. The first-order chi connectivity index (χ1) is 11.9. The molecule has 0 saturated heterocycles. The van der Waals surface area contributed by atoms with Crippen molar-refractivity contribution in [3.8, 4) is 5.75 Å². The minimum absolute atomic E-state index is 0.0878. The van der Waals surface area contributed by atoms with Crippen LogP contribution in [0.5, 0.6) is 5.75 Å². The molecule has 2 aromatic carbocycles. The van der Waals surface area contributed by atoms with Gasteiger partial charge in [0.2, 0.25) is 0 Å². The molecule has 0 bridgehead atoms. The van der Waals surface area contributed by atoms with Gasteiger partial charge in [-0.3, -0.25) is 9.29 Å². The van der Waals surface area contributed by atoms with Gasteiger partial charge < -0.3 is 9.15 Å². The van der Waals surface area contributed by atoms with E-state index in [2.05, 4.69) is 4.72 Å². The highest BCUT2D eigenvalue weighted by Gasteiger charge is 2.21. The molecule has 0 atom stereocenters. The number of rotatable bonds is 5. The number of nitrogens with one attached hydrogen (secondary N) is 1. The van der Waals surface area contributed by atoms with Crippen LogP contribution in [0.25, 0.3) is 11.1 Å². The number of ether oxygens (including phenoxy) is 1. The Labute approximate surface area is 148 Å². The third-order valence-corrected chi connectivity index (χ3v) is 5.29. The number of oxazole rings is 1. The predicted molar refractivity (Wildman–Crippen MR) is 95.0 cm³/mol. The standard InChI is InChI=1S/C16H15ClN2O5S/c1-3-19-12-6-5-11(9-14(12)24-16(19)20)18-25(21,22)15-8-10(17)4-7-13(15)23-2/h4-9,18H,3H2,1-2H3. The van der Waals surface area contributed by atoms with Crippen molar-refractivity contribution in [2.45, 2.75) is 18.4 Å². The van der Waals surface area contributed by atoms with Crippen LogP contribution in [0.1, 0.15) is 6.92 Å². The van der Waals surface area contributed by atoms with Crippen molar-refractivity contribution in [1.82, 2.24) is 4.57 Å². The average molecular weight is 383 g/mol. The largest absolute Gasteiger partial charge is 0.495 e. The van der Waals surface area contributed by atoms with E-state index < -0.39 is 15.8 Å². The fraction of sp³-hybridized carbons (Fsp3) is 0.188. The maximum absolute atomic E-state index is 12.7. The summed E-state index contributed by atoms with van der Waals surface area (Å²) >= 11 is 5.90. The van der Waals surface area contributed by atoms with E-state index in [1.54, 1.807) is 12.1 Å². The number of anilines is 1. The van der Waals surface area contributed by atoms with E-state index in [0.717, 1.165) is 0 Å². The molecular weight excluding hydrogens is 368 g/mol. The molecule has 0 aliphatic heterocycles. The number of halogens is 1. The Morgan fingerprint density at radius 1 is 1.24 bits per heavy atom. The Hall–Kier alpha value is -2.45. The van der Waals surface area contributed by atoms with Crippen LogP contribution in [0.2, 0.25) is 5.02 Å². The highest BCUT2D eigenvalue weighted by molar-refractivity contribution is 7.92. The van der Waals surface area contributed by atoms with Gasteiger partial charge in [-0.25, -0.2) is 13.2 Å². The molecule has 1 heterocycles. The molecule has 0 aliphatic rings. The van der Waals surface area contributed by atoms with Crippen molar-refractivity contribution in [2.24, 2.45) is 0 Å². The van der Waals surface area contributed by atoms with E-state index in [1.807, 2.05) is 6.92 Å². The smallest absolute Gasteiger partial charge is 0.419 e. The minimum atomic E-state index is -3.94. The van der Waals surface area contributed by atoms with Crippen molar-refractivity contribution in [1.29, 1.82) is 0 Å². The number of hydrogen-bond acceptors (Lipinski definition) is 5. The monoisotopic (exact) mass is 382 g/mol. The second kappa shape index (κ2) is 6.45. The lowest BCUT2D eigenvalue weighted by atomic mass is 10.3. The third kappa shape index (κ3) is 3.22. The van der Waals surface area contributed by atoms with Crippen molar-refractivity contribution in [3.63, 3.8) is 0 Å². The van der Waals surface area contributed by atoms with Crippen LogP contribution >= 0.6 is 11.6 Å². The molecule has 9 heteroatoms. The van der Waals surface area contributed by atoms with Gasteiger partial charge in [-0.15, -0.1) is 0 Å². The number of fused-ring (bicyclic) bond motifs is 1. The Bertz CT molecular complexity index is 1100. The summed E-state index contributed by atoms with van der Waals surface area (Å²) in [5, 5.41) is 0.266. The van der Waals surface area contributed by atoms with E-state index in [4.69, 9.17) is 20.8 Å². The predicted octanol–water partition coefficient (Wildman–Crippen LogP) is 3.08. The van der Waals surface area contributed by atoms with Crippen molar-refractivity contribution in [3.05, 3.63) is 52.0 Å². The van der Waals surface area contributed by atoms with Crippen LogP contribution in [0, 0.1) is 0 Å². The topological polar surface area (TPSA) is 90.5 Å². The van der Waals surface area contributed by atoms with E-state index in [-0.39, 0.29) is 21.4 Å². The Morgan fingerprint density at radius 2 is 2.00 bits per heavy atom. The Morgan fingerprint density at radius 3 is 2.68 bits per heavy atom. The number of methoxy groups -OCH3 is 1. The second-order valence-corrected chi connectivity index (χ2v) is 7.28.